The molecule has 9 heteroatoms. The molecule has 8 nitrogen and oxygen atoms in total. The van der Waals surface area contributed by atoms with Crippen LogP contribution in [0.15, 0.2) is 41.0 Å². The highest BCUT2D eigenvalue weighted by molar-refractivity contribution is 6.29. The monoisotopic (exact) mass is 439 g/mol. The molecule has 0 saturated carbocycles. The molecule has 0 fully saturated rings. The lowest BCUT2D eigenvalue weighted by molar-refractivity contribution is -0.116. The SMILES string of the molecule is C#C/C=C\C(=C(/C)Cl)[C@@H](C)OC(=O)Nc1c(-c2ccc3c(c2)CCC(=O)N3)nnn1C. The maximum absolute atomic E-state index is 12.5. The van der Waals surface area contributed by atoms with E-state index in [-0.39, 0.29) is 5.91 Å². The number of aromatic nitrogens is 3. The summed E-state index contributed by atoms with van der Waals surface area (Å²) in [7, 11) is 1.66. The number of halogens is 1. The number of benzene rings is 1. The average molecular weight is 440 g/mol. The van der Waals surface area contributed by atoms with Gasteiger partial charge < -0.3 is 10.1 Å². The molecule has 0 unspecified atom stereocenters. The van der Waals surface area contributed by atoms with Crippen molar-refractivity contribution in [2.24, 2.45) is 7.05 Å². The molecule has 160 valence electrons. The Kier molecular flexibility index (Phi) is 6.78. The summed E-state index contributed by atoms with van der Waals surface area (Å²) < 4.78 is 6.91. The molecule has 1 aliphatic rings. The lowest BCUT2D eigenvalue weighted by Crippen LogP contribution is -2.23. The number of aryl methyl sites for hydroxylation is 2. The zero-order chi connectivity index (χ0) is 22.5. The Labute approximate surface area is 185 Å². The maximum Gasteiger partial charge on any atom is 0.413 e. The average Bonchev–Trinajstić information content (AvgIpc) is 3.07. The van der Waals surface area contributed by atoms with E-state index in [1.807, 2.05) is 18.2 Å². The third-order valence-corrected chi connectivity index (χ3v) is 5.02. The standard InChI is InChI=1S/C22H22ClN5O3/c1-5-6-7-17(13(2)23)14(3)31-22(30)25-21-20(26-27-28(21)4)16-8-10-18-15(12-16)9-11-19(29)24-18/h1,6-8,10,12,14H,9,11H2,2-4H3,(H,24,29)(H,25,30)/b7-6-,17-13-/t14-/m1/s1. The number of fused-ring (bicyclic) bond motifs is 1. The van der Waals surface area contributed by atoms with Crippen LogP contribution in [0.4, 0.5) is 16.3 Å². The second kappa shape index (κ2) is 9.49. The zero-order valence-electron chi connectivity index (χ0n) is 17.4. The first-order chi connectivity index (χ1) is 14.8. The summed E-state index contributed by atoms with van der Waals surface area (Å²) in [6.07, 6.45) is 8.11. The Balaban J connectivity index is 1.80. The predicted molar refractivity (Wildman–Crippen MR) is 119 cm³/mol. The Hall–Kier alpha value is -3.57. The van der Waals surface area contributed by atoms with Crippen molar-refractivity contribution in [1.29, 1.82) is 0 Å². The van der Waals surface area contributed by atoms with Crippen molar-refractivity contribution in [3.8, 4) is 23.6 Å². The van der Waals surface area contributed by atoms with Crippen molar-refractivity contribution >= 4 is 35.1 Å². The summed E-state index contributed by atoms with van der Waals surface area (Å²) >= 11 is 6.10. The number of nitrogens with zero attached hydrogens (tertiary/aromatic N) is 3. The molecule has 3 rings (SSSR count). The van der Waals surface area contributed by atoms with Gasteiger partial charge in [0.25, 0.3) is 0 Å². The number of terminal acetylenes is 1. The lowest BCUT2D eigenvalue weighted by Gasteiger charge is -2.18. The minimum atomic E-state index is -0.686. The third-order valence-electron chi connectivity index (χ3n) is 4.80. The predicted octanol–water partition coefficient (Wildman–Crippen LogP) is 4.01. The van der Waals surface area contributed by atoms with Crippen LogP contribution < -0.4 is 10.6 Å². The van der Waals surface area contributed by atoms with E-state index in [0.29, 0.717) is 35.0 Å². The number of hydrogen-bond acceptors (Lipinski definition) is 5. The van der Waals surface area contributed by atoms with Gasteiger partial charge in [0.2, 0.25) is 5.91 Å². The summed E-state index contributed by atoms with van der Waals surface area (Å²) in [5.74, 6) is 2.76. The topological polar surface area (TPSA) is 98.1 Å². The molecule has 2 aromatic rings. The van der Waals surface area contributed by atoms with E-state index < -0.39 is 12.2 Å². The highest BCUT2D eigenvalue weighted by atomic mass is 35.5. The molecule has 1 aromatic heterocycles. The van der Waals surface area contributed by atoms with Crippen molar-refractivity contribution in [2.45, 2.75) is 32.8 Å². The van der Waals surface area contributed by atoms with E-state index >= 15 is 0 Å². The number of allylic oxidation sites excluding steroid dienone is 2. The van der Waals surface area contributed by atoms with Gasteiger partial charge in [-0.3, -0.25) is 10.1 Å². The Morgan fingerprint density at radius 1 is 1.45 bits per heavy atom. The van der Waals surface area contributed by atoms with Crippen LogP contribution in [0.2, 0.25) is 0 Å². The fourth-order valence-electron chi connectivity index (χ4n) is 3.24. The second-order valence-corrected chi connectivity index (χ2v) is 7.56. The zero-order valence-corrected chi connectivity index (χ0v) is 18.2. The van der Waals surface area contributed by atoms with E-state index in [4.69, 9.17) is 22.8 Å². The summed E-state index contributed by atoms with van der Waals surface area (Å²) in [6.45, 7) is 3.39. The highest BCUT2D eigenvalue weighted by Crippen LogP contribution is 2.31. The first kappa shape index (κ1) is 22.1. The van der Waals surface area contributed by atoms with Gasteiger partial charge in [-0.2, -0.15) is 0 Å². The molecule has 1 aliphatic heterocycles. The Morgan fingerprint density at radius 3 is 2.94 bits per heavy atom. The second-order valence-electron chi connectivity index (χ2n) is 6.99. The summed E-state index contributed by atoms with van der Waals surface area (Å²) in [5.41, 5.74) is 3.62. The summed E-state index contributed by atoms with van der Waals surface area (Å²) in [6, 6.07) is 5.56. The van der Waals surface area contributed by atoms with Crippen LogP contribution in [0.3, 0.4) is 0 Å². The number of ether oxygens (including phenoxy) is 1. The number of hydrogen-bond donors (Lipinski definition) is 2. The van der Waals surface area contributed by atoms with Crippen LogP contribution in [0.5, 0.6) is 0 Å². The molecular weight excluding hydrogens is 418 g/mol. The number of rotatable bonds is 5. The molecule has 2 N–H and O–H groups in total. The molecule has 0 radical (unpaired) electrons. The fraction of sp³-hybridized carbons (Fsp3) is 0.273. The first-order valence-electron chi connectivity index (χ1n) is 9.59. The lowest BCUT2D eigenvalue weighted by atomic mass is 9.99. The molecule has 1 atom stereocenters. The van der Waals surface area contributed by atoms with Crippen LogP contribution >= 0.6 is 11.6 Å². The molecule has 0 aliphatic carbocycles. The van der Waals surface area contributed by atoms with Gasteiger partial charge in [-0.1, -0.05) is 28.8 Å². The number of anilines is 2. The van der Waals surface area contributed by atoms with Gasteiger partial charge in [0.05, 0.1) is 0 Å². The largest absolute Gasteiger partial charge is 0.441 e. The smallest absolute Gasteiger partial charge is 0.413 e. The normalized spacial score (nSPS) is 14.9. The minimum Gasteiger partial charge on any atom is -0.441 e. The maximum atomic E-state index is 12.5. The van der Waals surface area contributed by atoms with Crippen molar-refractivity contribution < 1.29 is 14.3 Å². The van der Waals surface area contributed by atoms with Crippen LogP contribution in [0.25, 0.3) is 11.3 Å². The van der Waals surface area contributed by atoms with E-state index in [1.165, 1.54) is 10.8 Å². The Bertz CT molecular complexity index is 1120. The van der Waals surface area contributed by atoms with Gasteiger partial charge in [-0.25, -0.2) is 9.48 Å². The quantitative estimate of drug-likeness (QED) is 0.542. The third kappa shape index (κ3) is 5.13. The molecular formula is C22H22ClN5O3. The van der Waals surface area contributed by atoms with Crippen LogP contribution in [0.1, 0.15) is 25.8 Å². The van der Waals surface area contributed by atoms with Gasteiger partial charge in [-0.15, -0.1) is 11.5 Å². The number of carbonyl (C=O) groups is 2. The van der Waals surface area contributed by atoms with Gasteiger partial charge in [0.1, 0.15) is 11.8 Å². The molecule has 0 spiro atoms. The van der Waals surface area contributed by atoms with E-state index in [9.17, 15) is 9.59 Å². The number of carbonyl (C=O) groups excluding carboxylic acids is 2. The summed E-state index contributed by atoms with van der Waals surface area (Å²) in [5, 5.41) is 14.2. The summed E-state index contributed by atoms with van der Waals surface area (Å²) in [4.78, 5) is 24.1. The van der Waals surface area contributed by atoms with E-state index in [1.54, 1.807) is 27.0 Å². The number of amides is 2. The van der Waals surface area contributed by atoms with Crippen molar-refractivity contribution in [3.63, 3.8) is 0 Å². The van der Waals surface area contributed by atoms with E-state index in [2.05, 4.69) is 26.9 Å². The minimum absolute atomic E-state index is 0.00309. The molecule has 2 amide bonds. The Morgan fingerprint density at radius 2 is 2.23 bits per heavy atom. The van der Waals surface area contributed by atoms with Crippen molar-refractivity contribution in [3.05, 3.63) is 46.5 Å². The van der Waals surface area contributed by atoms with Crippen LogP contribution in [0, 0.1) is 12.3 Å². The molecule has 2 heterocycles. The first-order valence-corrected chi connectivity index (χ1v) is 9.97. The number of nitrogens with one attached hydrogen (secondary N) is 2. The molecule has 1 aromatic carbocycles. The molecule has 31 heavy (non-hydrogen) atoms. The highest BCUT2D eigenvalue weighted by Gasteiger charge is 2.21. The van der Waals surface area contributed by atoms with Gasteiger partial charge in [0.15, 0.2) is 5.82 Å². The van der Waals surface area contributed by atoms with Crippen molar-refractivity contribution in [1.82, 2.24) is 15.0 Å². The van der Waals surface area contributed by atoms with Gasteiger partial charge in [0, 0.05) is 35.3 Å². The fourth-order valence-corrected chi connectivity index (χ4v) is 3.46. The van der Waals surface area contributed by atoms with Gasteiger partial charge in [-0.05, 0) is 50.1 Å². The van der Waals surface area contributed by atoms with Crippen molar-refractivity contribution in [2.75, 3.05) is 10.6 Å². The molecule has 0 saturated heterocycles. The van der Waals surface area contributed by atoms with Gasteiger partial charge >= 0.3 is 6.09 Å². The van der Waals surface area contributed by atoms with Crippen LogP contribution in [-0.2, 0) is 23.0 Å². The van der Waals surface area contributed by atoms with Crippen LogP contribution in [-0.4, -0.2) is 33.1 Å². The van der Waals surface area contributed by atoms with E-state index in [0.717, 1.165) is 16.8 Å². The molecule has 0 bridgehead atoms.